The number of nitrogens with two attached hydrogens (primary N) is 1. The molecular formula is C12H16N2S2. The maximum absolute atomic E-state index is 5.72. The fourth-order valence-corrected chi connectivity index (χ4v) is 3.14. The van der Waals surface area contributed by atoms with Crippen LogP contribution in [0.4, 0.5) is 0 Å². The molecule has 0 amide bonds. The lowest BCUT2D eigenvalue weighted by Gasteiger charge is -2.01. The highest BCUT2D eigenvalue weighted by Crippen LogP contribution is 2.26. The Labute approximate surface area is 104 Å². The molecule has 0 aliphatic carbocycles. The van der Waals surface area contributed by atoms with E-state index in [0.717, 1.165) is 25.0 Å². The van der Waals surface area contributed by atoms with Crippen LogP contribution in [0.15, 0.2) is 22.9 Å². The van der Waals surface area contributed by atoms with Gasteiger partial charge in [0, 0.05) is 11.4 Å². The predicted octanol–water partition coefficient (Wildman–Crippen LogP) is 3.54. The molecule has 4 heteroatoms. The normalized spacial score (nSPS) is 12.9. The fraction of sp³-hybridized carbons (Fsp3) is 0.417. The smallest absolute Gasteiger partial charge is 0.0932 e. The number of rotatable bonds is 5. The number of thiophene rings is 1. The lowest BCUT2D eigenvalue weighted by molar-refractivity contribution is 0.623. The summed E-state index contributed by atoms with van der Waals surface area (Å²) in [5.41, 5.74) is 6.84. The Kier molecular flexibility index (Phi) is 4.09. The van der Waals surface area contributed by atoms with Crippen LogP contribution >= 0.6 is 22.7 Å². The van der Waals surface area contributed by atoms with Crippen molar-refractivity contribution in [3.63, 3.8) is 0 Å². The first-order valence-electron chi connectivity index (χ1n) is 5.49. The van der Waals surface area contributed by atoms with Crippen LogP contribution in [0.1, 0.15) is 24.8 Å². The van der Waals surface area contributed by atoms with Gasteiger partial charge in [0.05, 0.1) is 15.6 Å². The molecular weight excluding hydrogens is 236 g/mol. The van der Waals surface area contributed by atoms with E-state index in [-0.39, 0.29) is 0 Å². The Balaban J connectivity index is 1.93. The van der Waals surface area contributed by atoms with Crippen molar-refractivity contribution < 1.29 is 0 Å². The summed E-state index contributed by atoms with van der Waals surface area (Å²) < 4.78 is 0. The van der Waals surface area contributed by atoms with Gasteiger partial charge in [0.1, 0.15) is 0 Å². The lowest BCUT2D eigenvalue weighted by atomic mass is 10.1. The zero-order valence-corrected chi connectivity index (χ0v) is 11.0. The van der Waals surface area contributed by atoms with Crippen LogP contribution in [0.2, 0.25) is 0 Å². The van der Waals surface area contributed by atoms with Gasteiger partial charge in [-0.1, -0.05) is 6.07 Å². The predicted molar refractivity (Wildman–Crippen MR) is 72.0 cm³/mol. The van der Waals surface area contributed by atoms with E-state index in [4.69, 9.17) is 5.73 Å². The summed E-state index contributed by atoms with van der Waals surface area (Å²) in [6.45, 7) is 2.05. The van der Waals surface area contributed by atoms with Gasteiger partial charge >= 0.3 is 0 Å². The molecule has 1 atom stereocenters. The minimum Gasteiger partial charge on any atom is -0.328 e. The topological polar surface area (TPSA) is 38.9 Å². The number of hydrogen-bond donors (Lipinski definition) is 1. The molecule has 2 heterocycles. The minimum atomic E-state index is 0.303. The summed E-state index contributed by atoms with van der Waals surface area (Å²) in [5, 5.41) is 5.46. The SMILES string of the molecule is CC(N)CCCc1nc(-c2cccs2)cs1. The van der Waals surface area contributed by atoms with E-state index in [1.165, 1.54) is 9.88 Å². The quantitative estimate of drug-likeness (QED) is 0.884. The maximum Gasteiger partial charge on any atom is 0.0932 e. The molecule has 1 unspecified atom stereocenters. The van der Waals surface area contributed by atoms with E-state index in [2.05, 4.69) is 34.8 Å². The van der Waals surface area contributed by atoms with Crippen LogP contribution in [0, 0.1) is 0 Å². The number of thiazole rings is 1. The standard InChI is InChI=1S/C12H16N2S2/c1-9(13)4-2-6-12-14-10(8-16-12)11-5-3-7-15-11/h3,5,7-9H,2,4,6,13H2,1H3. The highest BCUT2D eigenvalue weighted by Gasteiger charge is 2.05. The average Bonchev–Trinajstić information content (AvgIpc) is 2.85. The second-order valence-corrected chi connectivity index (χ2v) is 5.86. The van der Waals surface area contributed by atoms with Crippen molar-refractivity contribution in [2.24, 2.45) is 5.73 Å². The number of aromatic nitrogens is 1. The number of nitrogens with zero attached hydrogens (tertiary/aromatic N) is 1. The van der Waals surface area contributed by atoms with Crippen LogP contribution in [-0.2, 0) is 6.42 Å². The van der Waals surface area contributed by atoms with Gasteiger partial charge in [-0.25, -0.2) is 4.98 Å². The van der Waals surface area contributed by atoms with E-state index in [1.807, 2.05) is 0 Å². The van der Waals surface area contributed by atoms with E-state index in [1.54, 1.807) is 22.7 Å². The van der Waals surface area contributed by atoms with Crippen LogP contribution in [-0.4, -0.2) is 11.0 Å². The van der Waals surface area contributed by atoms with Crippen LogP contribution in [0.3, 0.4) is 0 Å². The van der Waals surface area contributed by atoms with E-state index in [0.29, 0.717) is 6.04 Å². The summed E-state index contributed by atoms with van der Waals surface area (Å²) in [5.74, 6) is 0. The van der Waals surface area contributed by atoms with Gasteiger partial charge < -0.3 is 5.73 Å². The van der Waals surface area contributed by atoms with E-state index in [9.17, 15) is 0 Å². The van der Waals surface area contributed by atoms with Crippen LogP contribution < -0.4 is 5.73 Å². The Hall–Kier alpha value is -0.710. The molecule has 2 rings (SSSR count). The lowest BCUT2D eigenvalue weighted by Crippen LogP contribution is -2.14. The highest BCUT2D eigenvalue weighted by molar-refractivity contribution is 7.14. The van der Waals surface area contributed by atoms with Crippen molar-refractivity contribution in [3.8, 4) is 10.6 Å². The van der Waals surface area contributed by atoms with Crippen molar-refractivity contribution >= 4 is 22.7 Å². The highest BCUT2D eigenvalue weighted by atomic mass is 32.1. The Bertz CT molecular complexity index is 418. The van der Waals surface area contributed by atoms with Crippen LogP contribution in [0.25, 0.3) is 10.6 Å². The average molecular weight is 252 g/mol. The third-order valence-electron chi connectivity index (χ3n) is 2.38. The third-order valence-corrected chi connectivity index (χ3v) is 4.18. The molecule has 0 aromatic carbocycles. The van der Waals surface area contributed by atoms with Crippen molar-refractivity contribution in [2.45, 2.75) is 32.2 Å². The summed E-state index contributed by atoms with van der Waals surface area (Å²) in [6, 6.07) is 4.48. The second kappa shape index (κ2) is 5.57. The number of aryl methyl sites for hydroxylation is 1. The van der Waals surface area contributed by atoms with Gasteiger partial charge in [0.15, 0.2) is 0 Å². The molecule has 2 N–H and O–H groups in total. The fourth-order valence-electron chi connectivity index (χ4n) is 1.54. The molecule has 0 aliphatic rings. The molecule has 86 valence electrons. The summed E-state index contributed by atoms with van der Waals surface area (Å²) in [6.07, 6.45) is 3.26. The van der Waals surface area contributed by atoms with E-state index < -0.39 is 0 Å². The zero-order chi connectivity index (χ0) is 11.4. The van der Waals surface area contributed by atoms with Gasteiger partial charge in [-0.2, -0.15) is 0 Å². The summed E-state index contributed by atoms with van der Waals surface area (Å²) in [4.78, 5) is 5.90. The largest absolute Gasteiger partial charge is 0.328 e. The zero-order valence-electron chi connectivity index (χ0n) is 9.35. The molecule has 0 radical (unpaired) electrons. The molecule has 0 saturated heterocycles. The molecule has 0 spiro atoms. The first-order chi connectivity index (χ1) is 7.75. The Morgan fingerprint density at radius 2 is 2.31 bits per heavy atom. The van der Waals surface area contributed by atoms with Crippen molar-refractivity contribution in [3.05, 3.63) is 27.9 Å². The molecule has 0 saturated carbocycles. The monoisotopic (exact) mass is 252 g/mol. The number of hydrogen-bond acceptors (Lipinski definition) is 4. The van der Waals surface area contributed by atoms with Crippen molar-refractivity contribution in [1.82, 2.24) is 4.98 Å². The first kappa shape index (κ1) is 11.8. The molecule has 2 aromatic rings. The molecule has 0 aliphatic heterocycles. The van der Waals surface area contributed by atoms with Crippen LogP contribution in [0.5, 0.6) is 0 Å². The molecule has 0 bridgehead atoms. The minimum absolute atomic E-state index is 0.303. The van der Waals surface area contributed by atoms with Gasteiger partial charge in [-0.05, 0) is 37.6 Å². The van der Waals surface area contributed by atoms with Crippen molar-refractivity contribution in [2.75, 3.05) is 0 Å². The first-order valence-corrected chi connectivity index (χ1v) is 7.25. The maximum atomic E-state index is 5.72. The van der Waals surface area contributed by atoms with Gasteiger partial charge in [-0.3, -0.25) is 0 Å². The molecule has 2 nitrogen and oxygen atoms in total. The molecule has 16 heavy (non-hydrogen) atoms. The van der Waals surface area contributed by atoms with Gasteiger partial charge in [-0.15, -0.1) is 22.7 Å². The van der Waals surface area contributed by atoms with E-state index >= 15 is 0 Å². The summed E-state index contributed by atoms with van der Waals surface area (Å²) >= 11 is 3.50. The molecule has 2 aromatic heterocycles. The Morgan fingerprint density at radius 3 is 3.00 bits per heavy atom. The molecule has 0 fully saturated rings. The summed E-state index contributed by atoms with van der Waals surface area (Å²) in [7, 11) is 0. The second-order valence-electron chi connectivity index (χ2n) is 3.97. The third kappa shape index (κ3) is 3.14. The van der Waals surface area contributed by atoms with Gasteiger partial charge in [0.25, 0.3) is 0 Å². The Morgan fingerprint density at radius 1 is 1.44 bits per heavy atom. The van der Waals surface area contributed by atoms with Gasteiger partial charge in [0.2, 0.25) is 0 Å². The van der Waals surface area contributed by atoms with Crippen molar-refractivity contribution in [1.29, 1.82) is 0 Å².